The molecule has 2 N–H and O–H groups in total. The summed E-state index contributed by atoms with van der Waals surface area (Å²) in [6.45, 7) is 1.65. The van der Waals surface area contributed by atoms with Crippen LogP contribution in [0.3, 0.4) is 0 Å². The predicted octanol–water partition coefficient (Wildman–Crippen LogP) is 3.83. The number of carbonyl (C=O) groups excluding carboxylic acids is 2. The van der Waals surface area contributed by atoms with Crippen LogP contribution in [-0.4, -0.2) is 43.4 Å². The molecule has 0 radical (unpaired) electrons. The Morgan fingerprint density at radius 3 is 2.66 bits per heavy atom. The molecular weight excluding hydrogens is 448 g/mol. The maximum absolute atomic E-state index is 12.4. The Balaban J connectivity index is 1.70. The lowest BCUT2D eigenvalue weighted by molar-refractivity contribution is -0.118. The number of rotatable bonds is 7. The molecule has 0 fully saturated rings. The number of carbonyl (C=O) groups is 2. The van der Waals surface area contributed by atoms with E-state index in [2.05, 4.69) is 30.9 Å². The minimum absolute atomic E-state index is 0.210. The average molecular weight is 466 g/mol. The number of alkyl halides is 2. The van der Waals surface area contributed by atoms with Gasteiger partial charge < -0.3 is 10.1 Å². The molecule has 0 saturated heterocycles. The summed E-state index contributed by atoms with van der Waals surface area (Å²) < 4.78 is 31.2. The number of hydrogen-bond donors (Lipinski definition) is 2. The van der Waals surface area contributed by atoms with E-state index in [1.807, 2.05) is 0 Å². The lowest BCUT2D eigenvalue weighted by Crippen LogP contribution is -2.18. The highest BCUT2D eigenvalue weighted by molar-refractivity contribution is 6.30. The van der Waals surface area contributed by atoms with Crippen molar-refractivity contribution in [1.82, 2.24) is 25.0 Å². The van der Waals surface area contributed by atoms with Crippen LogP contribution in [0.5, 0.6) is 0 Å². The summed E-state index contributed by atoms with van der Waals surface area (Å²) in [5.41, 5.74) is 1.34. The summed E-state index contributed by atoms with van der Waals surface area (Å²) in [6.07, 6.45) is -2.30. The molecule has 3 aromatic rings. The van der Waals surface area contributed by atoms with Gasteiger partial charge in [-0.05, 0) is 25.1 Å². The number of nitrogens with one attached hydrogen (secondary N) is 2. The molecule has 10 nitrogen and oxygen atoms in total. The zero-order valence-corrected chi connectivity index (χ0v) is 17.7. The number of halogens is 3. The van der Waals surface area contributed by atoms with E-state index in [0.717, 1.165) is 0 Å². The molecule has 168 valence electrons. The monoisotopic (exact) mass is 465 g/mol. The topological polar surface area (TPSA) is 124 Å². The molecule has 0 aromatic carbocycles. The normalized spacial score (nSPS) is 11.8. The summed E-state index contributed by atoms with van der Waals surface area (Å²) in [6, 6.07) is 6.33. The number of hydrogen-bond acceptors (Lipinski definition) is 7. The van der Waals surface area contributed by atoms with Crippen LogP contribution in [-0.2, 0) is 16.6 Å². The van der Waals surface area contributed by atoms with Crippen molar-refractivity contribution < 1.29 is 23.1 Å². The summed E-state index contributed by atoms with van der Waals surface area (Å²) in [4.78, 5) is 32.0. The highest BCUT2D eigenvalue weighted by Crippen LogP contribution is 2.26. The van der Waals surface area contributed by atoms with Gasteiger partial charge in [0, 0.05) is 18.8 Å². The van der Waals surface area contributed by atoms with Crippen molar-refractivity contribution in [1.29, 1.82) is 0 Å². The van der Waals surface area contributed by atoms with Gasteiger partial charge in [0.1, 0.15) is 11.3 Å². The van der Waals surface area contributed by atoms with Crippen LogP contribution in [0.15, 0.2) is 36.7 Å². The molecule has 32 heavy (non-hydrogen) atoms. The lowest BCUT2D eigenvalue weighted by Gasteiger charge is -2.15. The molecule has 3 rings (SSSR count). The van der Waals surface area contributed by atoms with Crippen LogP contribution in [0.25, 0.3) is 11.4 Å². The summed E-state index contributed by atoms with van der Waals surface area (Å²) in [5.74, 6) is -0.622. The molecule has 13 heteroatoms. The number of aryl methyl sites for hydroxylation is 1. The molecule has 0 aliphatic rings. The van der Waals surface area contributed by atoms with Crippen molar-refractivity contribution >= 4 is 35.1 Å². The first-order valence-corrected chi connectivity index (χ1v) is 9.64. The van der Waals surface area contributed by atoms with Crippen LogP contribution in [0.4, 0.5) is 25.1 Å². The zero-order valence-electron chi connectivity index (χ0n) is 16.9. The third kappa shape index (κ3) is 5.72. The fourth-order valence-corrected chi connectivity index (χ4v) is 2.95. The van der Waals surface area contributed by atoms with Gasteiger partial charge in [-0.25, -0.2) is 23.2 Å². The minimum Gasteiger partial charge on any atom is -0.441 e. The Hall–Kier alpha value is -3.67. The molecule has 3 heterocycles. The highest BCUT2D eigenvalue weighted by atomic mass is 35.5. The highest BCUT2D eigenvalue weighted by Gasteiger charge is 2.20. The summed E-state index contributed by atoms with van der Waals surface area (Å²) in [5, 5.41) is 13.0. The second-order valence-electron chi connectivity index (χ2n) is 6.54. The van der Waals surface area contributed by atoms with Crippen LogP contribution >= 0.6 is 11.6 Å². The van der Waals surface area contributed by atoms with Gasteiger partial charge in [-0.15, -0.1) is 5.10 Å². The fourth-order valence-electron chi connectivity index (χ4n) is 2.68. The first kappa shape index (κ1) is 23.0. The van der Waals surface area contributed by atoms with Crippen molar-refractivity contribution in [2.75, 3.05) is 10.6 Å². The predicted molar refractivity (Wildman–Crippen MR) is 111 cm³/mol. The number of pyridine rings is 2. The zero-order chi connectivity index (χ0) is 23.3. The van der Waals surface area contributed by atoms with E-state index in [9.17, 15) is 18.4 Å². The van der Waals surface area contributed by atoms with Gasteiger partial charge in [-0.2, -0.15) is 0 Å². The molecule has 0 aliphatic carbocycles. The summed E-state index contributed by atoms with van der Waals surface area (Å²) in [7, 11) is 1.56. The average Bonchev–Trinajstić information content (AvgIpc) is 3.08. The third-order valence-electron chi connectivity index (χ3n) is 4.19. The van der Waals surface area contributed by atoms with E-state index in [0.29, 0.717) is 11.3 Å². The largest absolute Gasteiger partial charge is 0.441 e. The van der Waals surface area contributed by atoms with Crippen LogP contribution in [0.2, 0.25) is 5.15 Å². The molecule has 3 aromatic heterocycles. The molecule has 2 amide bonds. The van der Waals surface area contributed by atoms with Crippen LogP contribution in [0, 0.1) is 0 Å². The van der Waals surface area contributed by atoms with Gasteiger partial charge in [0.2, 0.25) is 12.3 Å². The Kier molecular flexibility index (Phi) is 7.25. The van der Waals surface area contributed by atoms with Gasteiger partial charge in [-0.3, -0.25) is 15.1 Å². The number of amides is 2. The maximum atomic E-state index is 12.4. The van der Waals surface area contributed by atoms with Crippen LogP contribution < -0.4 is 10.6 Å². The first-order valence-electron chi connectivity index (χ1n) is 9.26. The molecule has 1 atom stereocenters. The SMILES string of the molecule is C[C@@H](OC(=O)Nc1c(-c2ccc(NC(=O)CC(F)F)cn2)nnn1C)c1cccnc1Cl. The Morgan fingerprint density at radius 1 is 1.22 bits per heavy atom. The molecule has 0 aliphatic heterocycles. The van der Waals surface area contributed by atoms with E-state index < -0.39 is 31.0 Å². The van der Waals surface area contributed by atoms with Crippen molar-refractivity contribution in [2.24, 2.45) is 7.05 Å². The number of aromatic nitrogens is 5. The van der Waals surface area contributed by atoms with E-state index in [1.54, 1.807) is 26.1 Å². The van der Waals surface area contributed by atoms with E-state index in [1.165, 1.54) is 29.2 Å². The number of anilines is 2. The Bertz CT molecular complexity index is 1110. The van der Waals surface area contributed by atoms with Crippen molar-refractivity contribution in [3.05, 3.63) is 47.4 Å². The van der Waals surface area contributed by atoms with Crippen molar-refractivity contribution in [3.8, 4) is 11.4 Å². The second kappa shape index (κ2) is 10.1. The van der Waals surface area contributed by atoms with Crippen molar-refractivity contribution in [2.45, 2.75) is 25.9 Å². The van der Waals surface area contributed by atoms with Gasteiger partial charge in [0.05, 0.1) is 24.0 Å². The molecular formula is C19H18ClF2N7O3. The fraction of sp³-hybridized carbons (Fsp3) is 0.263. The standard InChI is InChI=1S/C19H18ClF2N7O3/c1-10(12-4-3-7-23-17(12)20)32-19(31)26-18-16(27-28-29(18)2)13-6-5-11(9-24-13)25-15(30)8-14(21)22/h3-7,9-10,14H,8H2,1-2H3,(H,25,30)(H,26,31)/t10-/m1/s1. The minimum atomic E-state index is -2.74. The van der Waals surface area contributed by atoms with Crippen LogP contribution in [0.1, 0.15) is 25.0 Å². The van der Waals surface area contributed by atoms with E-state index in [4.69, 9.17) is 16.3 Å². The molecule has 0 unspecified atom stereocenters. The Morgan fingerprint density at radius 2 is 2.00 bits per heavy atom. The number of nitrogens with zero attached hydrogens (tertiary/aromatic N) is 5. The lowest BCUT2D eigenvalue weighted by atomic mass is 10.2. The van der Waals surface area contributed by atoms with Gasteiger partial charge in [0.25, 0.3) is 0 Å². The third-order valence-corrected chi connectivity index (χ3v) is 4.50. The van der Waals surface area contributed by atoms with Gasteiger partial charge in [0.15, 0.2) is 11.5 Å². The molecule has 0 bridgehead atoms. The maximum Gasteiger partial charge on any atom is 0.413 e. The Labute approximate surface area is 186 Å². The van der Waals surface area contributed by atoms with Gasteiger partial charge >= 0.3 is 6.09 Å². The van der Waals surface area contributed by atoms with Gasteiger partial charge in [-0.1, -0.05) is 22.9 Å². The first-order chi connectivity index (χ1) is 15.2. The smallest absolute Gasteiger partial charge is 0.413 e. The summed E-state index contributed by atoms with van der Waals surface area (Å²) >= 11 is 6.03. The van der Waals surface area contributed by atoms with E-state index >= 15 is 0 Å². The quantitative estimate of drug-likeness (QED) is 0.508. The molecule has 0 spiro atoms. The number of ether oxygens (including phenoxy) is 1. The van der Waals surface area contributed by atoms with Crippen molar-refractivity contribution in [3.63, 3.8) is 0 Å². The molecule has 0 saturated carbocycles. The van der Waals surface area contributed by atoms with E-state index in [-0.39, 0.29) is 22.4 Å². The second-order valence-corrected chi connectivity index (χ2v) is 6.90.